The summed E-state index contributed by atoms with van der Waals surface area (Å²) in [7, 11) is -1.50. The van der Waals surface area contributed by atoms with Crippen LogP contribution in [0.1, 0.15) is 25.5 Å². The third-order valence-corrected chi connectivity index (χ3v) is 5.06. The second-order valence-electron chi connectivity index (χ2n) is 5.80. The highest BCUT2D eigenvalue weighted by atomic mass is 35.5. The molecule has 3 N–H and O–H groups in total. The van der Waals surface area contributed by atoms with E-state index in [2.05, 4.69) is 39.1 Å². The number of rotatable bonds is 10. The van der Waals surface area contributed by atoms with Crippen LogP contribution >= 0.6 is 11.6 Å². The van der Waals surface area contributed by atoms with Crippen LogP contribution in [0.3, 0.4) is 0 Å². The predicted octanol–water partition coefficient (Wildman–Crippen LogP) is 1.44. The van der Waals surface area contributed by atoms with Gasteiger partial charge in [-0.05, 0) is 24.7 Å². The van der Waals surface area contributed by atoms with Crippen molar-refractivity contribution < 1.29 is 8.42 Å². The Hall–Kier alpha value is -1.35. The molecule has 1 aromatic carbocycles. The fraction of sp³-hybridized carbons (Fsp3) is 0.588. The third-order valence-electron chi connectivity index (χ3n) is 3.99. The first-order valence-electron chi connectivity index (χ1n) is 8.70. The van der Waals surface area contributed by atoms with E-state index in [-0.39, 0.29) is 6.04 Å². The molecule has 1 unspecified atom stereocenters. The first-order valence-corrected chi connectivity index (χ1v) is 11.0. The molecule has 0 aliphatic heterocycles. The first kappa shape index (κ1) is 22.7. The molecule has 1 rings (SSSR count). The van der Waals surface area contributed by atoms with E-state index in [4.69, 9.17) is 11.6 Å². The fourth-order valence-corrected chi connectivity index (χ4v) is 3.41. The lowest BCUT2D eigenvalue weighted by Gasteiger charge is -2.31. The van der Waals surface area contributed by atoms with Gasteiger partial charge < -0.3 is 10.6 Å². The van der Waals surface area contributed by atoms with Gasteiger partial charge in [-0.2, -0.15) is 0 Å². The lowest BCUT2D eigenvalue weighted by molar-refractivity contribution is 0.219. The van der Waals surface area contributed by atoms with Crippen LogP contribution in [0.25, 0.3) is 0 Å². The molecule has 7 nitrogen and oxygen atoms in total. The van der Waals surface area contributed by atoms with Crippen molar-refractivity contribution in [1.29, 1.82) is 0 Å². The lowest BCUT2D eigenvalue weighted by Crippen LogP contribution is -2.45. The minimum atomic E-state index is -3.18. The van der Waals surface area contributed by atoms with E-state index in [9.17, 15) is 8.42 Å². The zero-order valence-corrected chi connectivity index (χ0v) is 17.5. The Bertz CT molecular complexity index is 677. The summed E-state index contributed by atoms with van der Waals surface area (Å²) in [5.41, 5.74) is 1.07. The van der Waals surface area contributed by atoms with E-state index in [1.807, 2.05) is 24.3 Å². The van der Waals surface area contributed by atoms with Gasteiger partial charge in [0.1, 0.15) is 0 Å². The van der Waals surface area contributed by atoms with Gasteiger partial charge in [-0.25, -0.2) is 13.1 Å². The fourth-order valence-electron chi connectivity index (χ4n) is 2.68. The minimum Gasteiger partial charge on any atom is -0.355 e. The molecule has 0 heterocycles. The smallest absolute Gasteiger partial charge is 0.208 e. The highest BCUT2D eigenvalue weighted by molar-refractivity contribution is 7.88. The Morgan fingerprint density at radius 2 is 1.85 bits per heavy atom. The first-order chi connectivity index (χ1) is 12.3. The van der Waals surface area contributed by atoms with Crippen molar-refractivity contribution in [2.45, 2.75) is 19.9 Å². The molecular formula is C17H30ClN5O2S. The van der Waals surface area contributed by atoms with Crippen LogP contribution in [0.2, 0.25) is 5.02 Å². The maximum atomic E-state index is 11.1. The normalized spacial score (nSPS) is 13.7. The molecule has 26 heavy (non-hydrogen) atoms. The van der Waals surface area contributed by atoms with Crippen molar-refractivity contribution in [2.75, 3.05) is 46.0 Å². The van der Waals surface area contributed by atoms with Gasteiger partial charge in [-0.1, -0.05) is 43.6 Å². The summed E-state index contributed by atoms with van der Waals surface area (Å²) in [6.07, 6.45) is 1.14. The van der Waals surface area contributed by atoms with Gasteiger partial charge >= 0.3 is 0 Å². The SMILES string of the molecule is CCN(CC)C(CNC(=NC)NCCNS(C)(=O)=O)c1ccccc1Cl. The number of hydrogen-bond donors (Lipinski definition) is 3. The van der Waals surface area contributed by atoms with E-state index >= 15 is 0 Å². The number of guanidine groups is 1. The Balaban J connectivity index is 2.71. The van der Waals surface area contributed by atoms with Crippen LogP contribution in [0, 0.1) is 0 Å². The Kier molecular flexibility index (Phi) is 9.93. The molecule has 0 aromatic heterocycles. The monoisotopic (exact) mass is 403 g/mol. The van der Waals surface area contributed by atoms with Gasteiger partial charge in [0.25, 0.3) is 0 Å². The zero-order chi connectivity index (χ0) is 19.6. The number of nitrogens with one attached hydrogen (secondary N) is 3. The molecule has 0 aliphatic carbocycles. The highest BCUT2D eigenvalue weighted by Crippen LogP contribution is 2.26. The molecule has 0 aliphatic rings. The largest absolute Gasteiger partial charge is 0.355 e. The molecule has 0 saturated carbocycles. The Labute approximate surface area is 162 Å². The van der Waals surface area contributed by atoms with Crippen LogP contribution in [-0.2, 0) is 10.0 Å². The van der Waals surface area contributed by atoms with E-state index in [1.165, 1.54) is 0 Å². The summed E-state index contributed by atoms with van der Waals surface area (Å²) in [5.74, 6) is 0.615. The molecule has 9 heteroatoms. The van der Waals surface area contributed by atoms with Gasteiger partial charge in [-0.15, -0.1) is 0 Å². The molecule has 1 aromatic rings. The molecule has 0 spiro atoms. The van der Waals surface area contributed by atoms with Crippen molar-refractivity contribution in [3.05, 3.63) is 34.9 Å². The summed E-state index contributed by atoms with van der Waals surface area (Å²) in [6, 6.07) is 7.96. The molecule has 1 atom stereocenters. The summed E-state index contributed by atoms with van der Waals surface area (Å²) in [6.45, 7) is 7.41. The standard InChI is InChI=1S/C17H30ClN5O2S/c1-5-23(6-2)16(14-9-7-8-10-15(14)18)13-21-17(19-3)20-11-12-22-26(4,24)25/h7-10,16,22H,5-6,11-13H2,1-4H3,(H2,19,20,21). The number of halogens is 1. The molecule has 0 bridgehead atoms. The number of aliphatic imine (C=N–C) groups is 1. The maximum absolute atomic E-state index is 11.1. The Morgan fingerprint density at radius 1 is 1.19 bits per heavy atom. The van der Waals surface area contributed by atoms with Crippen molar-refractivity contribution >= 4 is 27.6 Å². The number of nitrogens with zero attached hydrogens (tertiary/aromatic N) is 2. The summed E-state index contributed by atoms with van der Waals surface area (Å²) in [5, 5.41) is 7.14. The molecular weight excluding hydrogens is 374 g/mol. The number of hydrogen-bond acceptors (Lipinski definition) is 4. The quantitative estimate of drug-likeness (QED) is 0.312. The number of sulfonamides is 1. The van der Waals surface area contributed by atoms with Crippen LogP contribution in [0.5, 0.6) is 0 Å². The Morgan fingerprint density at radius 3 is 2.38 bits per heavy atom. The van der Waals surface area contributed by atoms with Crippen LogP contribution in [0.15, 0.2) is 29.3 Å². The summed E-state index contributed by atoms with van der Waals surface area (Å²) >= 11 is 6.41. The average molecular weight is 404 g/mol. The van der Waals surface area contributed by atoms with Gasteiger partial charge in [0.2, 0.25) is 10.0 Å². The van der Waals surface area contributed by atoms with Gasteiger partial charge in [0, 0.05) is 31.7 Å². The molecule has 0 saturated heterocycles. The highest BCUT2D eigenvalue weighted by Gasteiger charge is 2.20. The van der Waals surface area contributed by atoms with E-state index in [1.54, 1.807) is 7.05 Å². The van der Waals surface area contributed by atoms with Crippen molar-refractivity contribution in [3.63, 3.8) is 0 Å². The number of benzene rings is 1. The second kappa shape index (κ2) is 11.4. The van der Waals surface area contributed by atoms with Crippen LogP contribution in [0.4, 0.5) is 0 Å². The van der Waals surface area contributed by atoms with Gasteiger partial charge in [0.05, 0.1) is 12.3 Å². The third kappa shape index (κ3) is 7.90. The van der Waals surface area contributed by atoms with Crippen LogP contribution in [-0.4, -0.2) is 65.3 Å². The molecule has 148 valence electrons. The van der Waals surface area contributed by atoms with Gasteiger partial charge in [0.15, 0.2) is 5.96 Å². The van der Waals surface area contributed by atoms with Crippen molar-refractivity contribution in [3.8, 4) is 0 Å². The maximum Gasteiger partial charge on any atom is 0.208 e. The molecule has 0 fully saturated rings. The average Bonchev–Trinajstić information content (AvgIpc) is 2.60. The predicted molar refractivity (Wildman–Crippen MR) is 109 cm³/mol. The van der Waals surface area contributed by atoms with Crippen molar-refractivity contribution in [1.82, 2.24) is 20.3 Å². The van der Waals surface area contributed by atoms with Gasteiger partial charge in [-0.3, -0.25) is 9.89 Å². The van der Waals surface area contributed by atoms with Crippen molar-refractivity contribution in [2.24, 2.45) is 4.99 Å². The lowest BCUT2D eigenvalue weighted by atomic mass is 10.0. The summed E-state index contributed by atoms with van der Waals surface area (Å²) < 4.78 is 24.6. The second-order valence-corrected chi connectivity index (χ2v) is 8.05. The topological polar surface area (TPSA) is 85.8 Å². The van der Waals surface area contributed by atoms with E-state index in [0.717, 1.165) is 29.9 Å². The molecule has 0 amide bonds. The summed E-state index contributed by atoms with van der Waals surface area (Å²) in [4.78, 5) is 6.51. The van der Waals surface area contributed by atoms with E-state index < -0.39 is 10.0 Å². The van der Waals surface area contributed by atoms with Crippen LogP contribution < -0.4 is 15.4 Å². The number of likely N-dealkylation sites (N-methyl/N-ethyl adjacent to an activating group) is 1. The van der Waals surface area contributed by atoms with E-state index in [0.29, 0.717) is 25.6 Å². The zero-order valence-electron chi connectivity index (χ0n) is 15.9. The minimum absolute atomic E-state index is 0.103. The molecule has 0 radical (unpaired) electrons.